The van der Waals surface area contributed by atoms with Crippen molar-refractivity contribution in [2.75, 3.05) is 13.1 Å². The Morgan fingerprint density at radius 3 is 2.50 bits per heavy atom. The SMILES string of the molecule is C[C@H]1CNC[C@@]1(C)O. The molecule has 2 heteroatoms. The molecule has 8 heavy (non-hydrogen) atoms. The summed E-state index contributed by atoms with van der Waals surface area (Å²) in [4.78, 5) is 0. The Balaban J connectivity index is 2.54. The average Bonchev–Trinajstić information content (AvgIpc) is 1.86. The molecular weight excluding hydrogens is 102 g/mol. The Kier molecular flexibility index (Phi) is 1.29. The van der Waals surface area contributed by atoms with Crippen molar-refractivity contribution in [1.29, 1.82) is 0 Å². The lowest BCUT2D eigenvalue weighted by atomic mass is 9.95. The molecule has 0 aromatic carbocycles. The first kappa shape index (κ1) is 6.05. The minimum atomic E-state index is -0.458. The first-order chi connectivity index (χ1) is 3.63. The molecule has 0 aromatic rings. The summed E-state index contributed by atoms with van der Waals surface area (Å²) in [6.45, 7) is 5.62. The molecule has 0 radical (unpaired) electrons. The first-order valence-electron chi connectivity index (χ1n) is 3.06. The predicted octanol–water partition coefficient (Wildman–Crippen LogP) is -0.0233. The molecule has 1 heterocycles. The topological polar surface area (TPSA) is 32.3 Å². The van der Waals surface area contributed by atoms with Crippen molar-refractivity contribution in [3.63, 3.8) is 0 Å². The highest BCUT2D eigenvalue weighted by Gasteiger charge is 2.32. The van der Waals surface area contributed by atoms with E-state index in [9.17, 15) is 5.11 Å². The van der Waals surface area contributed by atoms with E-state index >= 15 is 0 Å². The van der Waals surface area contributed by atoms with Gasteiger partial charge in [-0.05, 0) is 12.8 Å². The Bertz CT molecular complexity index is 90.5. The fourth-order valence-electron chi connectivity index (χ4n) is 0.936. The van der Waals surface area contributed by atoms with Crippen molar-refractivity contribution in [1.82, 2.24) is 5.32 Å². The zero-order chi connectivity index (χ0) is 6.20. The van der Waals surface area contributed by atoms with Gasteiger partial charge >= 0.3 is 0 Å². The van der Waals surface area contributed by atoms with Gasteiger partial charge in [0.2, 0.25) is 0 Å². The minimum Gasteiger partial charge on any atom is -0.389 e. The highest BCUT2D eigenvalue weighted by atomic mass is 16.3. The summed E-state index contributed by atoms with van der Waals surface area (Å²) in [7, 11) is 0. The van der Waals surface area contributed by atoms with E-state index in [0.29, 0.717) is 5.92 Å². The Morgan fingerprint density at radius 1 is 1.75 bits per heavy atom. The fraction of sp³-hybridized carbons (Fsp3) is 1.00. The third kappa shape index (κ3) is 0.858. The molecule has 0 bridgehead atoms. The van der Waals surface area contributed by atoms with Crippen molar-refractivity contribution < 1.29 is 5.11 Å². The largest absolute Gasteiger partial charge is 0.389 e. The van der Waals surface area contributed by atoms with Crippen LogP contribution in [0.25, 0.3) is 0 Å². The van der Waals surface area contributed by atoms with Gasteiger partial charge < -0.3 is 10.4 Å². The molecule has 1 aliphatic rings. The van der Waals surface area contributed by atoms with Crippen LogP contribution in [0.5, 0.6) is 0 Å². The number of aliphatic hydroxyl groups is 1. The van der Waals surface area contributed by atoms with Crippen LogP contribution in [-0.4, -0.2) is 23.8 Å². The van der Waals surface area contributed by atoms with Crippen LogP contribution in [0, 0.1) is 5.92 Å². The van der Waals surface area contributed by atoms with Crippen molar-refractivity contribution in [2.45, 2.75) is 19.4 Å². The molecule has 1 fully saturated rings. The maximum absolute atomic E-state index is 9.40. The molecule has 2 atom stereocenters. The van der Waals surface area contributed by atoms with E-state index in [1.54, 1.807) is 0 Å². The van der Waals surface area contributed by atoms with Crippen molar-refractivity contribution in [2.24, 2.45) is 5.92 Å². The third-order valence-corrected chi connectivity index (χ3v) is 2.00. The van der Waals surface area contributed by atoms with Gasteiger partial charge in [0, 0.05) is 13.1 Å². The van der Waals surface area contributed by atoms with Gasteiger partial charge in [0.25, 0.3) is 0 Å². The van der Waals surface area contributed by atoms with Crippen LogP contribution in [-0.2, 0) is 0 Å². The molecule has 0 amide bonds. The zero-order valence-corrected chi connectivity index (χ0v) is 5.44. The van der Waals surface area contributed by atoms with Crippen molar-refractivity contribution in [3.8, 4) is 0 Å². The maximum Gasteiger partial charge on any atom is 0.0781 e. The van der Waals surface area contributed by atoms with E-state index in [2.05, 4.69) is 12.2 Å². The van der Waals surface area contributed by atoms with E-state index in [4.69, 9.17) is 0 Å². The number of nitrogens with one attached hydrogen (secondary N) is 1. The fourth-order valence-corrected chi connectivity index (χ4v) is 0.936. The number of rotatable bonds is 0. The van der Waals surface area contributed by atoms with Crippen LogP contribution < -0.4 is 5.32 Å². The smallest absolute Gasteiger partial charge is 0.0781 e. The normalized spacial score (nSPS) is 47.6. The molecule has 2 nitrogen and oxygen atoms in total. The number of hydrogen-bond acceptors (Lipinski definition) is 2. The number of β-amino-alcohol motifs (C(OH)–C–C–N with tert-alkyl or cyclic N) is 1. The first-order valence-corrected chi connectivity index (χ1v) is 3.06. The summed E-state index contributed by atoms with van der Waals surface area (Å²) in [5, 5.41) is 12.5. The average molecular weight is 115 g/mol. The highest BCUT2D eigenvalue weighted by Crippen LogP contribution is 2.19. The van der Waals surface area contributed by atoms with Crippen LogP contribution in [0.2, 0.25) is 0 Å². The van der Waals surface area contributed by atoms with E-state index in [1.165, 1.54) is 0 Å². The molecule has 2 N–H and O–H groups in total. The standard InChI is InChI=1S/C6H13NO/c1-5-3-7-4-6(5,2)8/h5,7-8H,3-4H2,1-2H3/t5-,6+/m0/s1. The Labute approximate surface area is 49.9 Å². The van der Waals surface area contributed by atoms with E-state index in [-0.39, 0.29) is 0 Å². The van der Waals surface area contributed by atoms with Gasteiger partial charge in [0.1, 0.15) is 0 Å². The lowest BCUT2D eigenvalue weighted by Crippen LogP contribution is -2.31. The highest BCUT2D eigenvalue weighted by molar-refractivity contribution is 4.88. The molecule has 0 spiro atoms. The van der Waals surface area contributed by atoms with Crippen molar-refractivity contribution in [3.05, 3.63) is 0 Å². The van der Waals surface area contributed by atoms with E-state index < -0.39 is 5.60 Å². The lowest BCUT2D eigenvalue weighted by molar-refractivity contribution is 0.0433. The second kappa shape index (κ2) is 1.71. The maximum atomic E-state index is 9.40. The van der Waals surface area contributed by atoms with Crippen LogP contribution in [0.15, 0.2) is 0 Å². The second-order valence-electron chi connectivity index (χ2n) is 2.89. The summed E-state index contributed by atoms with van der Waals surface area (Å²) < 4.78 is 0. The van der Waals surface area contributed by atoms with E-state index in [0.717, 1.165) is 13.1 Å². The summed E-state index contributed by atoms with van der Waals surface area (Å²) in [6, 6.07) is 0. The Hall–Kier alpha value is -0.0800. The summed E-state index contributed by atoms with van der Waals surface area (Å²) in [5.41, 5.74) is -0.458. The van der Waals surface area contributed by atoms with Gasteiger partial charge in [0.15, 0.2) is 0 Å². The Morgan fingerprint density at radius 2 is 2.38 bits per heavy atom. The minimum absolute atomic E-state index is 0.405. The quantitative estimate of drug-likeness (QED) is 0.465. The van der Waals surface area contributed by atoms with Crippen LogP contribution in [0.3, 0.4) is 0 Å². The molecule has 1 rings (SSSR count). The monoisotopic (exact) mass is 115 g/mol. The van der Waals surface area contributed by atoms with Crippen LogP contribution >= 0.6 is 0 Å². The van der Waals surface area contributed by atoms with Gasteiger partial charge in [-0.2, -0.15) is 0 Å². The molecule has 0 aromatic heterocycles. The molecule has 48 valence electrons. The van der Waals surface area contributed by atoms with Crippen molar-refractivity contribution >= 4 is 0 Å². The summed E-state index contributed by atoms with van der Waals surface area (Å²) >= 11 is 0. The summed E-state index contributed by atoms with van der Waals surface area (Å²) in [5.74, 6) is 0.405. The van der Waals surface area contributed by atoms with Crippen LogP contribution in [0.4, 0.5) is 0 Å². The van der Waals surface area contributed by atoms with Crippen LogP contribution in [0.1, 0.15) is 13.8 Å². The predicted molar refractivity (Wildman–Crippen MR) is 32.7 cm³/mol. The molecule has 1 saturated heterocycles. The molecule has 0 unspecified atom stereocenters. The number of hydrogen-bond donors (Lipinski definition) is 2. The second-order valence-corrected chi connectivity index (χ2v) is 2.89. The van der Waals surface area contributed by atoms with Gasteiger partial charge in [-0.3, -0.25) is 0 Å². The summed E-state index contributed by atoms with van der Waals surface area (Å²) in [6.07, 6.45) is 0. The van der Waals surface area contributed by atoms with E-state index in [1.807, 2.05) is 6.92 Å². The molecular formula is C6H13NO. The van der Waals surface area contributed by atoms with Gasteiger partial charge in [0.05, 0.1) is 5.60 Å². The molecule has 1 aliphatic heterocycles. The van der Waals surface area contributed by atoms with Gasteiger partial charge in [-0.15, -0.1) is 0 Å². The third-order valence-electron chi connectivity index (χ3n) is 2.00. The molecule has 0 aliphatic carbocycles. The lowest BCUT2D eigenvalue weighted by Gasteiger charge is -2.19. The molecule has 0 saturated carbocycles. The zero-order valence-electron chi connectivity index (χ0n) is 5.44. The van der Waals surface area contributed by atoms with Gasteiger partial charge in [-0.1, -0.05) is 6.92 Å². The van der Waals surface area contributed by atoms with Gasteiger partial charge in [-0.25, -0.2) is 0 Å².